The van der Waals surface area contributed by atoms with E-state index in [-0.39, 0.29) is 5.91 Å². The highest BCUT2D eigenvalue weighted by Crippen LogP contribution is 2.21. The van der Waals surface area contributed by atoms with Gasteiger partial charge in [-0.2, -0.15) is 0 Å². The van der Waals surface area contributed by atoms with Crippen molar-refractivity contribution < 1.29 is 9.32 Å². The van der Waals surface area contributed by atoms with Crippen LogP contribution in [0.15, 0.2) is 39.3 Å². The predicted molar refractivity (Wildman–Crippen MR) is 95.7 cm³/mol. The van der Waals surface area contributed by atoms with Gasteiger partial charge in [0.15, 0.2) is 0 Å². The van der Waals surface area contributed by atoms with E-state index in [1.165, 1.54) is 0 Å². The van der Waals surface area contributed by atoms with Crippen LogP contribution in [0.5, 0.6) is 0 Å². The van der Waals surface area contributed by atoms with Crippen molar-refractivity contribution in [1.29, 1.82) is 0 Å². The first-order chi connectivity index (χ1) is 11.6. The molecule has 1 aromatic heterocycles. The first-order valence-electron chi connectivity index (χ1n) is 8.01. The zero-order valence-corrected chi connectivity index (χ0v) is 15.3. The molecule has 1 N–H and O–H groups in total. The molecule has 7 heteroatoms. The molecule has 1 aromatic carbocycles. The molecule has 2 heterocycles. The summed E-state index contributed by atoms with van der Waals surface area (Å²) in [6.07, 6.45) is 0. The second-order valence-corrected chi connectivity index (χ2v) is 6.86. The lowest BCUT2D eigenvalue weighted by Crippen LogP contribution is -2.48. The van der Waals surface area contributed by atoms with E-state index in [9.17, 15) is 4.79 Å². The van der Waals surface area contributed by atoms with Crippen molar-refractivity contribution in [3.8, 4) is 0 Å². The third kappa shape index (κ3) is 4.66. The van der Waals surface area contributed by atoms with Crippen molar-refractivity contribution >= 4 is 27.5 Å². The first-order valence-corrected chi connectivity index (χ1v) is 8.81. The first kappa shape index (κ1) is 17.1. The average molecular weight is 393 g/mol. The minimum atomic E-state index is 0.0162. The fourth-order valence-electron chi connectivity index (χ4n) is 2.78. The number of aromatic nitrogens is 1. The molecule has 128 valence electrons. The van der Waals surface area contributed by atoms with Crippen LogP contribution >= 0.6 is 15.9 Å². The number of halogens is 1. The van der Waals surface area contributed by atoms with E-state index in [2.05, 4.69) is 36.2 Å². The molecule has 3 rings (SSSR count). The predicted octanol–water partition coefficient (Wildman–Crippen LogP) is 2.50. The van der Waals surface area contributed by atoms with Crippen LogP contribution in [0.2, 0.25) is 0 Å². The Hall–Kier alpha value is -1.70. The number of hydrogen-bond donors (Lipinski definition) is 1. The van der Waals surface area contributed by atoms with Gasteiger partial charge in [-0.1, -0.05) is 17.3 Å². The zero-order valence-electron chi connectivity index (χ0n) is 13.7. The molecule has 0 spiro atoms. The second-order valence-electron chi connectivity index (χ2n) is 6.01. The van der Waals surface area contributed by atoms with Gasteiger partial charge in [0.25, 0.3) is 0 Å². The van der Waals surface area contributed by atoms with Gasteiger partial charge < -0.3 is 9.84 Å². The van der Waals surface area contributed by atoms with E-state index in [4.69, 9.17) is 4.52 Å². The molecular weight excluding hydrogens is 372 g/mol. The van der Waals surface area contributed by atoms with Crippen molar-refractivity contribution in [2.24, 2.45) is 0 Å². The van der Waals surface area contributed by atoms with Crippen LogP contribution in [0.4, 0.5) is 5.69 Å². The topological polar surface area (TPSA) is 61.6 Å². The molecule has 24 heavy (non-hydrogen) atoms. The Morgan fingerprint density at radius 2 is 1.96 bits per heavy atom. The van der Waals surface area contributed by atoms with E-state index >= 15 is 0 Å². The normalized spacial score (nSPS) is 16.2. The summed E-state index contributed by atoms with van der Waals surface area (Å²) in [5, 5.41) is 6.98. The lowest BCUT2D eigenvalue weighted by Gasteiger charge is -2.33. The van der Waals surface area contributed by atoms with Crippen LogP contribution in [0, 0.1) is 6.92 Å². The molecule has 6 nitrogen and oxygen atoms in total. The molecule has 1 saturated heterocycles. The second kappa shape index (κ2) is 7.92. The number of para-hydroxylation sites is 1. The molecule has 0 saturated carbocycles. The van der Waals surface area contributed by atoms with Crippen molar-refractivity contribution in [2.75, 3.05) is 38.0 Å². The molecule has 1 fully saturated rings. The number of nitrogens with one attached hydrogen (secondary N) is 1. The fraction of sp³-hybridized carbons (Fsp3) is 0.412. The number of nitrogens with zero attached hydrogens (tertiary/aromatic N) is 3. The Morgan fingerprint density at radius 1 is 1.25 bits per heavy atom. The minimum absolute atomic E-state index is 0.0162. The van der Waals surface area contributed by atoms with Crippen molar-refractivity contribution in [1.82, 2.24) is 15.0 Å². The Morgan fingerprint density at radius 3 is 2.62 bits per heavy atom. The number of carbonyl (C=O) groups is 1. The summed E-state index contributed by atoms with van der Waals surface area (Å²) >= 11 is 3.44. The number of hydrogen-bond acceptors (Lipinski definition) is 5. The summed E-state index contributed by atoms with van der Waals surface area (Å²) in [5.74, 6) is 0.856. The van der Waals surface area contributed by atoms with E-state index < -0.39 is 0 Å². The van der Waals surface area contributed by atoms with Gasteiger partial charge in [0.05, 0.1) is 17.9 Å². The van der Waals surface area contributed by atoms with E-state index in [1.807, 2.05) is 37.3 Å². The summed E-state index contributed by atoms with van der Waals surface area (Å²) in [6, 6.07) is 9.61. The number of carbonyl (C=O) groups excluding carboxylic acids is 1. The maximum absolute atomic E-state index is 12.2. The molecule has 1 aliphatic rings. The SMILES string of the molecule is Cc1cc(CN2CCN(CC(=O)Nc3ccccc3Br)CC2)no1. The van der Waals surface area contributed by atoms with Gasteiger partial charge in [-0.05, 0) is 35.0 Å². The lowest BCUT2D eigenvalue weighted by atomic mass is 10.2. The number of benzene rings is 1. The molecule has 0 unspecified atom stereocenters. The van der Waals surface area contributed by atoms with Gasteiger partial charge in [-0.15, -0.1) is 0 Å². The van der Waals surface area contributed by atoms with Crippen LogP contribution in [0.25, 0.3) is 0 Å². The van der Waals surface area contributed by atoms with E-state index in [0.717, 1.165) is 54.3 Å². The highest BCUT2D eigenvalue weighted by molar-refractivity contribution is 9.10. The van der Waals surface area contributed by atoms with Crippen LogP contribution in [-0.2, 0) is 11.3 Å². The summed E-state index contributed by atoms with van der Waals surface area (Å²) < 4.78 is 6.00. The molecular formula is C17H21BrN4O2. The van der Waals surface area contributed by atoms with Crippen molar-refractivity contribution in [3.05, 3.63) is 46.3 Å². The van der Waals surface area contributed by atoms with E-state index in [1.54, 1.807) is 0 Å². The standard InChI is InChI=1S/C17H21BrN4O2/c1-13-10-14(20-24-13)11-21-6-8-22(9-7-21)12-17(23)19-16-5-3-2-4-15(16)18/h2-5,10H,6-9,11-12H2,1H3,(H,19,23). The number of anilines is 1. The maximum Gasteiger partial charge on any atom is 0.238 e. The molecule has 1 aliphatic heterocycles. The summed E-state index contributed by atoms with van der Waals surface area (Å²) in [6.45, 7) is 6.72. The third-order valence-corrected chi connectivity index (χ3v) is 4.73. The van der Waals surface area contributed by atoms with Gasteiger partial charge in [0, 0.05) is 43.3 Å². The Balaban J connectivity index is 1.43. The Labute approximate surface area is 149 Å². The molecule has 0 radical (unpaired) electrons. The van der Waals surface area contributed by atoms with Crippen LogP contribution in [0.3, 0.4) is 0 Å². The van der Waals surface area contributed by atoms with E-state index in [0.29, 0.717) is 6.54 Å². The van der Waals surface area contributed by atoms with Crippen LogP contribution in [-0.4, -0.2) is 53.6 Å². The molecule has 0 atom stereocenters. The minimum Gasteiger partial charge on any atom is -0.361 e. The molecule has 1 amide bonds. The van der Waals surface area contributed by atoms with Crippen molar-refractivity contribution in [3.63, 3.8) is 0 Å². The smallest absolute Gasteiger partial charge is 0.238 e. The third-order valence-electron chi connectivity index (χ3n) is 4.04. The quantitative estimate of drug-likeness (QED) is 0.846. The lowest BCUT2D eigenvalue weighted by molar-refractivity contribution is -0.117. The van der Waals surface area contributed by atoms with Gasteiger partial charge in [-0.3, -0.25) is 14.6 Å². The molecule has 0 aliphatic carbocycles. The molecule has 2 aromatic rings. The Bertz CT molecular complexity index is 695. The summed E-state index contributed by atoms with van der Waals surface area (Å²) in [5.41, 5.74) is 1.77. The fourth-order valence-corrected chi connectivity index (χ4v) is 3.17. The largest absolute Gasteiger partial charge is 0.361 e. The van der Waals surface area contributed by atoms with Crippen LogP contribution < -0.4 is 5.32 Å². The zero-order chi connectivity index (χ0) is 16.9. The number of amides is 1. The highest BCUT2D eigenvalue weighted by atomic mass is 79.9. The monoisotopic (exact) mass is 392 g/mol. The van der Waals surface area contributed by atoms with Crippen LogP contribution in [0.1, 0.15) is 11.5 Å². The maximum atomic E-state index is 12.2. The van der Waals surface area contributed by atoms with Gasteiger partial charge in [-0.25, -0.2) is 0 Å². The van der Waals surface area contributed by atoms with Gasteiger partial charge in [0.1, 0.15) is 5.76 Å². The van der Waals surface area contributed by atoms with Crippen molar-refractivity contribution in [2.45, 2.75) is 13.5 Å². The highest BCUT2D eigenvalue weighted by Gasteiger charge is 2.20. The number of aryl methyl sites for hydroxylation is 1. The molecule has 0 bridgehead atoms. The average Bonchev–Trinajstić information content (AvgIpc) is 2.96. The summed E-state index contributed by atoms with van der Waals surface area (Å²) in [7, 11) is 0. The summed E-state index contributed by atoms with van der Waals surface area (Å²) in [4.78, 5) is 16.7. The Kier molecular flexibility index (Phi) is 5.65. The van der Waals surface area contributed by atoms with Gasteiger partial charge >= 0.3 is 0 Å². The number of rotatable bonds is 5. The van der Waals surface area contributed by atoms with Gasteiger partial charge in [0.2, 0.25) is 5.91 Å². The number of piperazine rings is 1.